The Morgan fingerprint density at radius 1 is 1.62 bits per heavy atom. The second-order valence-corrected chi connectivity index (χ2v) is 3.86. The summed E-state index contributed by atoms with van der Waals surface area (Å²) in [7, 11) is 0. The summed E-state index contributed by atoms with van der Waals surface area (Å²) in [6.07, 6.45) is 0.901. The zero-order valence-electron chi connectivity index (χ0n) is 9.60. The molecule has 0 bridgehead atoms. The normalized spacial score (nSPS) is 22.6. The molecule has 0 spiro atoms. The Hall–Kier alpha value is -1.30. The zero-order valence-corrected chi connectivity index (χ0v) is 9.60. The van der Waals surface area contributed by atoms with Crippen molar-refractivity contribution in [3.8, 4) is 0 Å². The molecule has 0 aromatic carbocycles. The highest BCUT2D eigenvalue weighted by Gasteiger charge is 2.25. The molecule has 0 aromatic heterocycles. The topological polar surface area (TPSA) is 78.9 Å². The van der Waals surface area contributed by atoms with Crippen LogP contribution in [0, 0.1) is 0 Å². The number of carbonyl (C=O) groups excluding carboxylic acids is 1. The van der Waals surface area contributed by atoms with Crippen LogP contribution in [0.1, 0.15) is 20.3 Å². The second kappa shape index (κ2) is 5.69. The van der Waals surface area contributed by atoms with Gasteiger partial charge in [-0.05, 0) is 13.3 Å². The van der Waals surface area contributed by atoms with Crippen molar-refractivity contribution in [1.82, 2.24) is 10.2 Å². The van der Waals surface area contributed by atoms with Crippen molar-refractivity contribution in [2.75, 3.05) is 19.7 Å². The number of morpholine rings is 1. The Kier molecular flexibility index (Phi) is 4.54. The van der Waals surface area contributed by atoms with Crippen molar-refractivity contribution in [2.24, 2.45) is 0 Å². The largest absolute Gasteiger partial charge is 0.480 e. The molecule has 1 fully saturated rings. The number of nitrogens with one attached hydrogen (secondary N) is 1. The maximum absolute atomic E-state index is 11.7. The lowest BCUT2D eigenvalue weighted by Gasteiger charge is -2.32. The molecule has 2 amide bonds. The van der Waals surface area contributed by atoms with E-state index in [9.17, 15) is 9.59 Å². The minimum absolute atomic E-state index is 0.0552. The van der Waals surface area contributed by atoms with E-state index in [0.717, 1.165) is 6.42 Å². The molecule has 16 heavy (non-hydrogen) atoms. The van der Waals surface area contributed by atoms with Crippen molar-refractivity contribution in [2.45, 2.75) is 32.4 Å². The number of urea groups is 1. The first-order valence-electron chi connectivity index (χ1n) is 5.44. The first-order valence-corrected chi connectivity index (χ1v) is 5.44. The van der Waals surface area contributed by atoms with Gasteiger partial charge in [-0.1, -0.05) is 6.92 Å². The molecule has 0 aliphatic carbocycles. The fourth-order valence-electron chi connectivity index (χ4n) is 1.49. The first-order chi connectivity index (χ1) is 7.54. The van der Waals surface area contributed by atoms with Gasteiger partial charge in [0.15, 0.2) is 0 Å². The van der Waals surface area contributed by atoms with Crippen LogP contribution in [0.3, 0.4) is 0 Å². The number of carboxylic acids is 1. The van der Waals surface area contributed by atoms with Crippen LogP contribution in [0.2, 0.25) is 0 Å². The molecule has 2 atom stereocenters. The van der Waals surface area contributed by atoms with Crippen LogP contribution in [0.15, 0.2) is 0 Å². The molecule has 1 saturated heterocycles. The molecule has 2 N–H and O–H groups in total. The van der Waals surface area contributed by atoms with Crippen molar-refractivity contribution in [3.63, 3.8) is 0 Å². The fraction of sp³-hybridized carbons (Fsp3) is 0.800. The predicted molar refractivity (Wildman–Crippen MR) is 57.2 cm³/mol. The van der Waals surface area contributed by atoms with Crippen molar-refractivity contribution in [1.29, 1.82) is 0 Å². The van der Waals surface area contributed by atoms with E-state index in [1.54, 1.807) is 4.90 Å². The van der Waals surface area contributed by atoms with Crippen LogP contribution >= 0.6 is 0 Å². The highest BCUT2D eigenvalue weighted by Crippen LogP contribution is 2.08. The van der Waals surface area contributed by atoms with Crippen LogP contribution in [-0.2, 0) is 9.53 Å². The lowest BCUT2D eigenvalue weighted by Crippen LogP contribution is -2.52. The summed E-state index contributed by atoms with van der Waals surface area (Å²) >= 11 is 0. The number of rotatable bonds is 3. The highest BCUT2D eigenvalue weighted by atomic mass is 16.5. The predicted octanol–water partition coefficient (Wildman–Crippen LogP) is 0.280. The molecule has 1 unspecified atom stereocenters. The molecule has 1 rings (SSSR count). The van der Waals surface area contributed by atoms with E-state index in [1.807, 2.05) is 6.92 Å². The van der Waals surface area contributed by atoms with Crippen LogP contribution in [0.5, 0.6) is 0 Å². The van der Waals surface area contributed by atoms with E-state index in [2.05, 4.69) is 5.32 Å². The smallest absolute Gasteiger partial charge is 0.325 e. The fourth-order valence-corrected chi connectivity index (χ4v) is 1.49. The minimum atomic E-state index is -1.03. The molecule has 0 radical (unpaired) electrons. The van der Waals surface area contributed by atoms with E-state index in [0.29, 0.717) is 19.7 Å². The zero-order chi connectivity index (χ0) is 12.1. The number of amides is 2. The number of ether oxygens (including phenoxy) is 1. The number of hydrogen-bond donors (Lipinski definition) is 2. The summed E-state index contributed by atoms with van der Waals surface area (Å²) in [5.74, 6) is -1.03. The maximum Gasteiger partial charge on any atom is 0.325 e. The monoisotopic (exact) mass is 230 g/mol. The average Bonchev–Trinajstić information content (AvgIpc) is 2.28. The van der Waals surface area contributed by atoms with E-state index in [-0.39, 0.29) is 12.1 Å². The van der Waals surface area contributed by atoms with Crippen LogP contribution in [0.25, 0.3) is 0 Å². The molecule has 0 saturated carbocycles. The minimum Gasteiger partial charge on any atom is -0.480 e. The molecule has 0 aromatic rings. The van der Waals surface area contributed by atoms with Gasteiger partial charge in [0.1, 0.15) is 6.04 Å². The quantitative estimate of drug-likeness (QED) is 0.730. The highest BCUT2D eigenvalue weighted by molar-refractivity contribution is 5.82. The second-order valence-electron chi connectivity index (χ2n) is 3.86. The Bertz CT molecular complexity index is 270. The number of aliphatic carboxylic acids is 1. The van der Waals surface area contributed by atoms with Gasteiger partial charge in [-0.25, -0.2) is 4.79 Å². The summed E-state index contributed by atoms with van der Waals surface area (Å²) in [5, 5.41) is 11.1. The third kappa shape index (κ3) is 3.37. The standard InChI is InChI=1S/C10H18N2O4/c1-3-8-6-12(4-5-16-8)10(15)11-7(2)9(13)14/h7-8H,3-6H2,1-2H3,(H,11,15)(H,13,14)/t7-,8?/m0/s1. The van der Waals surface area contributed by atoms with Crippen LogP contribution in [-0.4, -0.2) is 53.8 Å². The molecular formula is C10H18N2O4. The summed E-state index contributed by atoms with van der Waals surface area (Å²) in [4.78, 5) is 23.8. The van der Waals surface area contributed by atoms with Gasteiger partial charge in [-0.2, -0.15) is 0 Å². The van der Waals surface area contributed by atoms with Crippen LogP contribution < -0.4 is 5.32 Å². The van der Waals surface area contributed by atoms with Gasteiger partial charge >= 0.3 is 12.0 Å². The third-order valence-electron chi connectivity index (χ3n) is 2.59. The van der Waals surface area contributed by atoms with E-state index in [4.69, 9.17) is 9.84 Å². The molecule has 1 aliphatic rings. The van der Waals surface area contributed by atoms with E-state index < -0.39 is 12.0 Å². The van der Waals surface area contributed by atoms with Crippen molar-refractivity contribution < 1.29 is 19.4 Å². The summed E-state index contributed by atoms with van der Waals surface area (Å²) in [6.45, 7) is 4.97. The average molecular weight is 230 g/mol. The van der Waals surface area contributed by atoms with Gasteiger partial charge in [0.25, 0.3) is 0 Å². The van der Waals surface area contributed by atoms with Crippen molar-refractivity contribution >= 4 is 12.0 Å². The first kappa shape index (κ1) is 12.8. The Balaban J connectivity index is 2.44. The van der Waals surface area contributed by atoms with Gasteiger partial charge in [0, 0.05) is 13.1 Å². The number of carbonyl (C=O) groups is 2. The molecule has 92 valence electrons. The summed E-state index contributed by atoms with van der Waals surface area (Å²) < 4.78 is 5.42. The SMILES string of the molecule is CCC1CN(C(=O)N[C@@H](C)C(=O)O)CCO1. The van der Waals surface area contributed by atoms with Gasteiger partial charge in [-0.3, -0.25) is 4.79 Å². The molecule has 6 nitrogen and oxygen atoms in total. The lowest BCUT2D eigenvalue weighted by molar-refractivity contribution is -0.138. The molecule has 1 aliphatic heterocycles. The number of carboxylic acid groups (broad SMARTS) is 1. The lowest BCUT2D eigenvalue weighted by atomic mass is 10.2. The van der Waals surface area contributed by atoms with Gasteiger partial charge in [0.2, 0.25) is 0 Å². The van der Waals surface area contributed by atoms with Gasteiger partial charge in [-0.15, -0.1) is 0 Å². The molecule has 6 heteroatoms. The third-order valence-corrected chi connectivity index (χ3v) is 2.59. The number of nitrogens with zero attached hydrogens (tertiary/aromatic N) is 1. The van der Waals surface area contributed by atoms with Gasteiger partial charge in [0.05, 0.1) is 12.7 Å². The van der Waals surface area contributed by atoms with Crippen LogP contribution in [0.4, 0.5) is 4.79 Å². The van der Waals surface area contributed by atoms with Gasteiger partial charge < -0.3 is 20.1 Å². The Morgan fingerprint density at radius 2 is 2.31 bits per heavy atom. The summed E-state index contributed by atoms with van der Waals surface area (Å²) in [5.41, 5.74) is 0. The molecule has 1 heterocycles. The summed E-state index contributed by atoms with van der Waals surface area (Å²) in [6, 6.07) is -1.20. The number of hydrogen-bond acceptors (Lipinski definition) is 3. The molecular weight excluding hydrogens is 212 g/mol. The van der Waals surface area contributed by atoms with E-state index >= 15 is 0 Å². The Labute approximate surface area is 94.6 Å². The van der Waals surface area contributed by atoms with Crippen molar-refractivity contribution in [3.05, 3.63) is 0 Å². The Morgan fingerprint density at radius 3 is 2.88 bits per heavy atom. The van der Waals surface area contributed by atoms with E-state index in [1.165, 1.54) is 6.92 Å². The maximum atomic E-state index is 11.7.